The second-order valence-electron chi connectivity index (χ2n) is 5.13. The summed E-state index contributed by atoms with van der Waals surface area (Å²) in [5.41, 5.74) is 1.69. The van der Waals surface area contributed by atoms with Gasteiger partial charge in [0.15, 0.2) is 5.58 Å². The summed E-state index contributed by atoms with van der Waals surface area (Å²) in [6.07, 6.45) is 1.03. The average Bonchev–Trinajstić information content (AvgIpc) is 2.99. The van der Waals surface area contributed by atoms with E-state index in [4.69, 9.17) is 8.53 Å². The number of halogens is 1. The van der Waals surface area contributed by atoms with Gasteiger partial charge in [-0.2, -0.15) is 5.26 Å². The van der Waals surface area contributed by atoms with Crippen molar-refractivity contribution >= 4 is 21.9 Å². The van der Waals surface area contributed by atoms with Crippen LogP contribution in [0.15, 0.2) is 53.1 Å². The molecule has 0 unspecified atom stereocenters. The molecule has 2 heterocycles. The van der Waals surface area contributed by atoms with Crippen LogP contribution in [0, 0.1) is 24.0 Å². The molecular formula is C19H11FN2O. The van der Waals surface area contributed by atoms with E-state index >= 15 is 0 Å². The van der Waals surface area contributed by atoms with Crippen molar-refractivity contribution in [2.45, 2.75) is 6.85 Å². The molecule has 0 bridgehead atoms. The molecule has 0 saturated heterocycles. The third kappa shape index (κ3) is 1.98. The molecule has 0 amide bonds. The highest BCUT2D eigenvalue weighted by Gasteiger charge is 2.15. The Morgan fingerprint density at radius 3 is 2.70 bits per heavy atom. The number of hydrogen-bond acceptors (Lipinski definition) is 3. The summed E-state index contributed by atoms with van der Waals surface area (Å²) in [4.78, 5) is 4.11. The first-order chi connectivity index (χ1) is 12.4. The number of nitrogens with zero attached hydrogens (tertiary/aromatic N) is 2. The highest BCUT2D eigenvalue weighted by Crippen LogP contribution is 2.36. The van der Waals surface area contributed by atoms with Gasteiger partial charge in [-0.05, 0) is 19.0 Å². The van der Waals surface area contributed by atoms with Crippen molar-refractivity contribution in [1.29, 1.82) is 5.26 Å². The maximum Gasteiger partial charge on any atom is 0.153 e. The van der Waals surface area contributed by atoms with Gasteiger partial charge in [0.2, 0.25) is 0 Å². The normalized spacial score (nSPS) is 13.5. The van der Waals surface area contributed by atoms with Gasteiger partial charge in [0, 0.05) is 38.3 Å². The number of furan rings is 1. The monoisotopic (exact) mass is 305 g/mol. The van der Waals surface area contributed by atoms with Gasteiger partial charge in [-0.3, -0.25) is 4.98 Å². The zero-order valence-corrected chi connectivity index (χ0v) is 11.8. The van der Waals surface area contributed by atoms with Crippen LogP contribution in [0.1, 0.15) is 15.2 Å². The SMILES string of the molecule is [2H]C([2H])([2H])c1cnc(-c2cccc3c2oc2c(C#N)cccc23)cc1F. The zero-order valence-electron chi connectivity index (χ0n) is 14.8. The molecule has 0 radical (unpaired) electrons. The number of rotatable bonds is 1. The van der Waals surface area contributed by atoms with E-state index in [-0.39, 0.29) is 5.69 Å². The van der Waals surface area contributed by atoms with Crippen LogP contribution < -0.4 is 0 Å². The predicted octanol–water partition coefficient (Wildman–Crippen LogP) is 4.97. The molecule has 110 valence electrons. The number of pyridine rings is 1. The van der Waals surface area contributed by atoms with Crippen LogP contribution in [-0.2, 0) is 0 Å². The number of nitriles is 1. The molecule has 2 aromatic heterocycles. The van der Waals surface area contributed by atoms with Crippen molar-refractivity contribution < 1.29 is 12.9 Å². The first-order valence-corrected chi connectivity index (χ1v) is 6.91. The van der Waals surface area contributed by atoms with Crippen LogP contribution in [0.2, 0.25) is 0 Å². The van der Waals surface area contributed by atoms with Crippen LogP contribution in [-0.4, -0.2) is 4.98 Å². The van der Waals surface area contributed by atoms with Gasteiger partial charge in [0.05, 0.1) is 11.3 Å². The van der Waals surface area contributed by atoms with Crippen molar-refractivity contribution in [3.63, 3.8) is 0 Å². The number of aromatic nitrogens is 1. The smallest absolute Gasteiger partial charge is 0.153 e. The molecule has 0 atom stereocenters. The molecule has 4 rings (SSSR count). The Hall–Kier alpha value is -3.19. The third-order valence-corrected chi connectivity index (χ3v) is 3.77. The molecule has 0 aliphatic carbocycles. The lowest BCUT2D eigenvalue weighted by Crippen LogP contribution is -1.89. The maximum absolute atomic E-state index is 14.3. The number of hydrogen-bond donors (Lipinski definition) is 0. The van der Waals surface area contributed by atoms with Crippen LogP contribution in [0.25, 0.3) is 33.2 Å². The Kier molecular flexibility index (Phi) is 2.25. The van der Waals surface area contributed by atoms with Crippen LogP contribution in [0.4, 0.5) is 4.39 Å². The lowest BCUT2D eigenvalue weighted by Gasteiger charge is -2.03. The fraction of sp³-hybridized carbons (Fsp3) is 0.0526. The minimum absolute atomic E-state index is 0.263. The molecule has 0 fully saturated rings. The van der Waals surface area contributed by atoms with E-state index in [1.54, 1.807) is 24.3 Å². The maximum atomic E-state index is 14.3. The van der Waals surface area contributed by atoms with Gasteiger partial charge in [0.1, 0.15) is 17.5 Å². The predicted molar refractivity (Wildman–Crippen MR) is 86.4 cm³/mol. The first-order valence-electron chi connectivity index (χ1n) is 8.41. The molecule has 4 aromatic rings. The van der Waals surface area contributed by atoms with Gasteiger partial charge in [-0.1, -0.05) is 24.3 Å². The molecule has 0 N–H and O–H groups in total. The lowest BCUT2D eigenvalue weighted by atomic mass is 10.0. The second kappa shape index (κ2) is 4.92. The molecule has 23 heavy (non-hydrogen) atoms. The number of aryl methyl sites for hydroxylation is 1. The summed E-state index contributed by atoms with van der Waals surface area (Å²) in [6.45, 7) is -2.57. The summed E-state index contributed by atoms with van der Waals surface area (Å²) in [7, 11) is 0. The molecular weight excluding hydrogens is 291 g/mol. The van der Waals surface area contributed by atoms with E-state index in [2.05, 4.69) is 11.1 Å². The number of para-hydroxylation sites is 2. The van der Waals surface area contributed by atoms with Gasteiger partial charge < -0.3 is 4.42 Å². The topological polar surface area (TPSA) is 49.8 Å². The van der Waals surface area contributed by atoms with Crippen molar-refractivity contribution in [2.24, 2.45) is 0 Å². The quantitative estimate of drug-likeness (QED) is 0.499. The van der Waals surface area contributed by atoms with E-state index in [1.165, 1.54) is 0 Å². The minimum Gasteiger partial charge on any atom is -0.454 e. The highest BCUT2D eigenvalue weighted by molar-refractivity contribution is 6.10. The Morgan fingerprint density at radius 2 is 1.96 bits per heavy atom. The second-order valence-corrected chi connectivity index (χ2v) is 5.13. The zero-order chi connectivity index (χ0) is 18.5. The van der Waals surface area contributed by atoms with Gasteiger partial charge in [-0.15, -0.1) is 0 Å². The Balaban J connectivity index is 1.99. The fourth-order valence-corrected chi connectivity index (χ4v) is 2.69. The Labute approximate surface area is 135 Å². The fourth-order valence-electron chi connectivity index (χ4n) is 2.69. The van der Waals surface area contributed by atoms with E-state index in [9.17, 15) is 9.65 Å². The summed E-state index contributed by atoms with van der Waals surface area (Å²) < 4.78 is 42.2. The van der Waals surface area contributed by atoms with Gasteiger partial charge >= 0.3 is 0 Å². The largest absolute Gasteiger partial charge is 0.454 e. The van der Waals surface area contributed by atoms with Crippen molar-refractivity contribution in [1.82, 2.24) is 4.98 Å². The summed E-state index contributed by atoms with van der Waals surface area (Å²) in [5, 5.41) is 10.8. The van der Waals surface area contributed by atoms with E-state index < -0.39 is 18.2 Å². The molecule has 2 aromatic carbocycles. The molecule has 4 heteroatoms. The molecule has 3 nitrogen and oxygen atoms in total. The summed E-state index contributed by atoms with van der Waals surface area (Å²) >= 11 is 0. The Bertz CT molecular complexity index is 1210. The third-order valence-electron chi connectivity index (χ3n) is 3.77. The molecule has 0 aliphatic heterocycles. The first kappa shape index (κ1) is 10.5. The Morgan fingerprint density at radius 1 is 1.17 bits per heavy atom. The van der Waals surface area contributed by atoms with Gasteiger partial charge in [-0.25, -0.2) is 4.39 Å². The number of benzene rings is 2. The standard InChI is InChI=1S/C19H11FN2O/c1-11-10-22-17(8-16(11)20)15-7-3-6-14-13-5-2-4-12(9-21)18(13)23-19(14)15/h2-8,10H,1H3/i1D3. The van der Waals surface area contributed by atoms with E-state index in [1.807, 2.05) is 12.1 Å². The highest BCUT2D eigenvalue weighted by atomic mass is 19.1. The van der Waals surface area contributed by atoms with Gasteiger partial charge in [0.25, 0.3) is 0 Å². The number of fused-ring (bicyclic) bond motifs is 3. The van der Waals surface area contributed by atoms with E-state index in [0.717, 1.165) is 23.0 Å². The van der Waals surface area contributed by atoms with Crippen LogP contribution >= 0.6 is 0 Å². The summed E-state index contributed by atoms with van der Waals surface area (Å²) in [5.74, 6) is -0.846. The van der Waals surface area contributed by atoms with Crippen LogP contribution in [0.3, 0.4) is 0 Å². The molecule has 0 saturated carbocycles. The lowest BCUT2D eigenvalue weighted by molar-refractivity contribution is 0.616. The minimum atomic E-state index is -2.57. The average molecular weight is 305 g/mol. The molecule has 0 aliphatic rings. The molecule has 0 spiro atoms. The van der Waals surface area contributed by atoms with Crippen molar-refractivity contribution in [2.75, 3.05) is 0 Å². The van der Waals surface area contributed by atoms with Crippen molar-refractivity contribution in [3.05, 3.63) is 65.6 Å². The van der Waals surface area contributed by atoms with E-state index in [0.29, 0.717) is 22.3 Å². The van der Waals surface area contributed by atoms with Crippen LogP contribution in [0.5, 0.6) is 0 Å². The summed E-state index contributed by atoms with van der Waals surface area (Å²) in [6, 6.07) is 13.8. The van der Waals surface area contributed by atoms with Crippen molar-refractivity contribution in [3.8, 4) is 17.3 Å².